The van der Waals surface area contributed by atoms with Gasteiger partial charge in [-0.3, -0.25) is 25.2 Å². The van der Waals surface area contributed by atoms with Crippen LogP contribution in [-0.2, 0) is 4.79 Å². The van der Waals surface area contributed by atoms with Gasteiger partial charge < -0.3 is 10.3 Å². The predicted molar refractivity (Wildman–Crippen MR) is 105 cm³/mol. The van der Waals surface area contributed by atoms with Crippen LogP contribution >= 0.6 is 0 Å². The molecule has 1 aromatic heterocycles. The first-order valence-corrected chi connectivity index (χ1v) is 8.46. The van der Waals surface area contributed by atoms with E-state index in [1.165, 1.54) is 6.07 Å². The summed E-state index contributed by atoms with van der Waals surface area (Å²) in [4.78, 5) is 38.8. The van der Waals surface area contributed by atoms with Crippen molar-refractivity contribution in [2.45, 2.75) is 13.8 Å². The second kappa shape index (κ2) is 7.74. The van der Waals surface area contributed by atoms with Gasteiger partial charge in [0.2, 0.25) is 5.56 Å². The lowest BCUT2D eigenvalue weighted by Crippen LogP contribution is -2.44. The number of rotatable bonds is 4. The summed E-state index contributed by atoms with van der Waals surface area (Å²) in [5.74, 6) is -0.963. The largest absolute Gasteiger partial charge is 0.376 e. The number of aromatic amines is 1. The zero-order chi connectivity index (χ0) is 19.4. The molecule has 0 unspecified atom stereocenters. The van der Waals surface area contributed by atoms with E-state index in [1.807, 2.05) is 32.0 Å². The Labute approximate surface area is 155 Å². The molecule has 4 N–H and O–H groups in total. The van der Waals surface area contributed by atoms with E-state index in [-0.39, 0.29) is 17.7 Å². The zero-order valence-electron chi connectivity index (χ0n) is 15.1. The van der Waals surface area contributed by atoms with Gasteiger partial charge in [0, 0.05) is 22.7 Å². The van der Waals surface area contributed by atoms with Gasteiger partial charge in [-0.15, -0.1) is 0 Å². The van der Waals surface area contributed by atoms with Crippen molar-refractivity contribution in [1.29, 1.82) is 0 Å². The number of hydrazine groups is 1. The maximum atomic E-state index is 12.4. The molecule has 0 aliphatic carbocycles. The van der Waals surface area contributed by atoms with Crippen molar-refractivity contribution < 1.29 is 9.59 Å². The predicted octanol–water partition coefficient (Wildman–Crippen LogP) is 2.02. The molecule has 0 radical (unpaired) electrons. The number of aryl methyl sites for hydroxylation is 2. The maximum Gasteiger partial charge on any atom is 0.270 e. The first-order chi connectivity index (χ1) is 12.9. The van der Waals surface area contributed by atoms with Gasteiger partial charge in [0.1, 0.15) is 0 Å². The fourth-order valence-electron chi connectivity index (χ4n) is 2.82. The number of hydrogen-bond donors (Lipinski definition) is 4. The van der Waals surface area contributed by atoms with E-state index in [0.29, 0.717) is 10.9 Å². The number of fused-ring (bicyclic) bond motifs is 1. The van der Waals surface area contributed by atoms with Gasteiger partial charge in [-0.1, -0.05) is 35.9 Å². The third-order valence-corrected chi connectivity index (χ3v) is 4.13. The van der Waals surface area contributed by atoms with E-state index in [9.17, 15) is 14.4 Å². The Bertz CT molecular complexity index is 1070. The van der Waals surface area contributed by atoms with Crippen molar-refractivity contribution in [3.8, 4) is 0 Å². The van der Waals surface area contributed by atoms with Gasteiger partial charge >= 0.3 is 0 Å². The summed E-state index contributed by atoms with van der Waals surface area (Å²) in [5, 5.41) is 3.62. The number of carbonyl (C=O) groups excluding carboxylic acids is 2. The van der Waals surface area contributed by atoms with Gasteiger partial charge in [0.05, 0.1) is 12.1 Å². The standard InChI is InChI=1S/C20H20N4O3/c1-12-7-8-16(13(2)9-12)21-11-19(26)23-24-20(27)15-10-18(25)22-17-6-4-3-5-14(15)17/h3-10,21H,11H2,1-2H3,(H,22,25)(H,23,26)(H,24,27). The van der Waals surface area contributed by atoms with E-state index < -0.39 is 11.8 Å². The number of anilines is 1. The van der Waals surface area contributed by atoms with Crippen LogP contribution in [0.4, 0.5) is 5.69 Å². The molecule has 0 bridgehead atoms. The Morgan fingerprint density at radius 1 is 1.00 bits per heavy atom. The number of aromatic nitrogens is 1. The molecule has 1 heterocycles. The highest BCUT2D eigenvalue weighted by atomic mass is 16.2. The number of nitrogens with one attached hydrogen (secondary N) is 4. The number of H-pyrrole nitrogens is 1. The van der Waals surface area contributed by atoms with Crippen LogP contribution in [0.2, 0.25) is 0 Å². The first-order valence-electron chi connectivity index (χ1n) is 8.46. The monoisotopic (exact) mass is 364 g/mol. The second-order valence-corrected chi connectivity index (χ2v) is 6.27. The fourth-order valence-corrected chi connectivity index (χ4v) is 2.82. The highest BCUT2D eigenvalue weighted by molar-refractivity contribution is 6.06. The van der Waals surface area contributed by atoms with E-state index in [2.05, 4.69) is 21.2 Å². The number of amides is 2. The van der Waals surface area contributed by atoms with Gasteiger partial charge in [-0.2, -0.15) is 0 Å². The molecular weight excluding hydrogens is 344 g/mol. The number of hydrogen-bond acceptors (Lipinski definition) is 4. The van der Waals surface area contributed by atoms with Crippen molar-refractivity contribution in [1.82, 2.24) is 15.8 Å². The smallest absolute Gasteiger partial charge is 0.270 e. The van der Waals surface area contributed by atoms with Gasteiger partial charge in [-0.25, -0.2) is 0 Å². The molecule has 0 saturated heterocycles. The lowest BCUT2D eigenvalue weighted by atomic mass is 10.1. The molecule has 0 saturated carbocycles. The molecule has 0 spiro atoms. The van der Waals surface area contributed by atoms with Crippen LogP contribution in [0.1, 0.15) is 21.5 Å². The van der Waals surface area contributed by atoms with E-state index >= 15 is 0 Å². The summed E-state index contributed by atoms with van der Waals surface area (Å²) in [6.45, 7) is 3.95. The summed E-state index contributed by atoms with van der Waals surface area (Å²) in [5.41, 5.74) is 8.08. The molecular formula is C20H20N4O3. The molecule has 3 aromatic rings. The minimum Gasteiger partial charge on any atom is -0.376 e. The summed E-state index contributed by atoms with van der Waals surface area (Å²) < 4.78 is 0. The molecule has 27 heavy (non-hydrogen) atoms. The van der Waals surface area contributed by atoms with Crippen LogP contribution in [0.15, 0.2) is 53.3 Å². The fraction of sp³-hybridized carbons (Fsp3) is 0.150. The Morgan fingerprint density at radius 2 is 1.78 bits per heavy atom. The van der Waals surface area contributed by atoms with Crippen LogP contribution in [0, 0.1) is 13.8 Å². The molecule has 0 atom stereocenters. The zero-order valence-corrected chi connectivity index (χ0v) is 15.1. The Hall–Kier alpha value is -3.61. The normalized spacial score (nSPS) is 10.4. The molecule has 0 fully saturated rings. The average molecular weight is 364 g/mol. The van der Waals surface area contributed by atoms with Crippen LogP contribution in [0.25, 0.3) is 10.9 Å². The number of carbonyl (C=O) groups is 2. The van der Waals surface area contributed by atoms with Crippen molar-refractivity contribution in [2.24, 2.45) is 0 Å². The second-order valence-electron chi connectivity index (χ2n) is 6.27. The number of pyridine rings is 1. The third-order valence-electron chi connectivity index (χ3n) is 4.13. The lowest BCUT2D eigenvalue weighted by molar-refractivity contribution is -0.120. The molecule has 2 amide bonds. The molecule has 0 aliphatic rings. The van der Waals surface area contributed by atoms with Crippen molar-refractivity contribution in [3.05, 3.63) is 75.6 Å². The van der Waals surface area contributed by atoms with Crippen LogP contribution < -0.4 is 21.7 Å². The summed E-state index contributed by atoms with van der Waals surface area (Å²) in [6.07, 6.45) is 0. The number of benzene rings is 2. The highest BCUT2D eigenvalue weighted by Gasteiger charge is 2.12. The minimum atomic E-state index is -0.558. The Kier molecular flexibility index (Phi) is 5.21. The SMILES string of the molecule is Cc1ccc(NCC(=O)NNC(=O)c2cc(=O)[nH]c3ccccc23)c(C)c1. The van der Waals surface area contributed by atoms with Gasteiger partial charge in [-0.05, 0) is 31.5 Å². The van der Waals surface area contributed by atoms with Crippen LogP contribution in [0.3, 0.4) is 0 Å². The quantitative estimate of drug-likeness (QED) is 0.532. The summed E-state index contributed by atoms with van der Waals surface area (Å²) in [6, 6.07) is 14.0. The van der Waals surface area contributed by atoms with E-state index in [1.54, 1.807) is 24.3 Å². The number of para-hydroxylation sites is 1. The van der Waals surface area contributed by atoms with Crippen molar-refractivity contribution in [2.75, 3.05) is 11.9 Å². The van der Waals surface area contributed by atoms with Crippen LogP contribution in [-0.4, -0.2) is 23.3 Å². The molecule has 7 nitrogen and oxygen atoms in total. The van der Waals surface area contributed by atoms with Gasteiger partial charge in [0.25, 0.3) is 11.8 Å². The maximum absolute atomic E-state index is 12.4. The van der Waals surface area contributed by atoms with Crippen molar-refractivity contribution >= 4 is 28.4 Å². The third kappa shape index (κ3) is 4.33. The molecule has 7 heteroatoms. The topological polar surface area (TPSA) is 103 Å². The highest BCUT2D eigenvalue weighted by Crippen LogP contribution is 2.15. The molecule has 0 aliphatic heterocycles. The summed E-state index contributed by atoms with van der Waals surface area (Å²) in [7, 11) is 0. The average Bonchev–Trinajstić information content (AvgIpc) is 2.64. The Morgan fingerprint density at radius 3 is 2.56 bits per heavy atom. The molecule has 138 valence electrons. The molecule has 3 rings (SSSR count). The van der Waals surface area contributed by atoms with Gasteiger partial charge in [0.15, 0.2) is 0 Å². The lowest BCUT2D eigenvalue weighted by Gasteiger charge is -2.12. The van der Waals surface area contributed by atoms with E-state index in [0.717, 1.165) is 16.8 Å². The summed E-state index contributed by atoms with van der Waals surface area (Å²) >= 11 is 0. The van der Waals surface area contributed by atoms with Crippen molar-refractivity contribution in [3.63, 3.8) is 0 Å². The van der Waals surface area contributed by atoms with E-state index in [4.69, 9.17) is 0 Å². The minimum absolute atomic E-state index is 0.000299. The first kappa shape index (κ1) is 18.2. The Balaban J connectivity index is 1.62. The van der Waals surface area contributed by atoms with Crippen LogP contribution in [0.5, 0.6) is 0 Å². The molecule has 2 aromatic carbocycles.